The molecule has 0 aromatic carbocycles. The normalized spacial score (nSPS) is 57.7. The van der Waals surface area contributed by atoms with Crippen LogP contribution in [-0.2, 0) is 0 Å². The zero-order chi connectivity index (χ0) is 15.0. The Kier molecular flexibility index (Phi) is 2.83. The van der Waals surface area contributed by atoms with Crippen molar-refractivity contribution >= 4 is 0 Å². The largest absolute Gasteiger partial charge is 0.393 e. The number of allylic oxidation sites excluding steroid dienone is 2. The van der Waals surface area contributed by atoms with Crippen molar-refractivity contribution in [3.63, 3.8) is 0 Å². The van der Waals surface area contributed by atoms with Crippen LogP contribution in [0.2, 0.25) is 0 Å². The monoisotopic (exact) mass is 288 g/mol. The van der Waals surface area contributed by atoms with Gasteiger partial charge in [0.25, 0.3) is 0 Å². The molecule has 0 radical (unpaired) electrons. The van der Waals surface area contributed by atoms with Crippen molar-refractivity contribution < 1.29 is 5.11 Å². The highest BCUT2D eigenvalue weighted by atomic mass is 16.3. The van der Waals surface area contributed by atoms with E-state index in [0.717, 1.165) is 18.3 Å². The lowest BCUT2D eigenvalue weighted by Crippen LogP contribution is -2.56. The van der Waals surface area contributed by atoms with Gasteiger partial charge < -0.3 is 5.11 Å². The summed E-state index contributed by atoms with van der Waals surface area (Å²) >= 11 is 0. The summed E-state index contributed by atoms with van der Waals surface area (Å²) in [6.07, 6.45) is 12.7. The molecule has 3 saturated carbocycles. The van der Waals surface area contributed by atoms with Gasteiger partial charge in [-0.25, -0.2) is 0 Å². The molecule has 4 aliphatic carbocycles. The second kappa shape index (κ2) is 4.16. The molecule has 3 fully saturated rings. The fraction of sp³-hybridized carbons (Fsp3) is 0.900. The molecule has 0 heterocycles. The average molecular weight is 288 g/mol. The van der Waals surface area contributed by atoms with Gasteiger partial charge in [-0.15, -0.1) is 0 Å². The molecule has 7 atom stereocenters. The van der Waals surface area contributed by atoms with Gasteiger partial charge in [0.05, 0.1) is 6.10 Å². The smallest absolute Gasteiger partial charge is 0.0574 e. The Morgan fingerprint density at radius 1 is 1.10 bits per heavy atom. The Balaban J connectivity index is 1.78. The number of rotatable bonds is 0. The Morgan fingerprint density at radius 2 is 1.86 bits per heavy atom. The summed E-state index contributed by atoms with van der Waals surface area (Å²) in [7, 11) is 0. The maximum Gasteiger partial charge on any atom is 0.0574 e. The quantitative estimate of drug-likeness (QED) is 0.635. The van der Waals surface area contributed by atoms with Crippen molar-refractivity contribution in [2.75, 3.05) is 0 Å². The van der Waals surface area contributed by atoms with E-state index in [1.54, 1.807) is 0 Å². The summed E-state index contributed by atoms with van der Waals surface area (Å²) in [5.74, 6) is 2.81. The first kappa shape index (κ1) is 14.3. The van der Waals surface area contributed by atoms with Crippen molar-refractivity contribution in [1.82, 2.24) is 0 Å². The molecule has 0 aromatic heterocycles. The third kappa shape index (κ3) is 1.73. The topological polar surface area (TPSA) is 20.2 Å². The molecule has 0 aromatic rings. The van der Waals surface area contributed by atoms with Crippen molar-refractivity contribution in [1.29, 1.82) is 0 Å². The van der Waals surface area contributed by atoms with E-state index in [-0.39, 0.29) is 6.10 Å². The van der Waals surface area contributed by atoms with Gasteiger partial charge in [-0.05, 0) is 78.4 Å². The Bertz CT molecular complexity index is 478. The van der Waals surface area contributed by atoms with E-state index >= 15 is 0 Å². The van der Waals surface area contributed by atoms with Crippen LogP contribution in [-0.4, -0.2) is 11.2 Å². The molecular weight excluding hydrogens is 256 g/mol. The predicted molar refractivity (Wildman–Crippen MR) is 86.8 cm³/mol. The van der Waals surface area contributed by atoms with Gasteiger partial charge in [0, 0.05) is 0 Å². The van der Waals surface area contributed by atoms with Crippen LogP contribution < -0.4 is 0 Å². The van der Waals surface area contributed by atoms with Crippen LogP contribution in [0.5, 0.6) is 0 Å². The van der Waals surface area contributed by atoms with Gasteiger partial charge in [0.15, 0.2) is 0 Å². The minimum absolute atomic E-state index is 0.0466. The highest BCUT2D eigenvalue weighted by Crippen LogP contribution is 2.71. The van der Waals surface area contributed by atoms with Gasteiger partial charge in [-0.2, -0.15) is 0 Å². The molecule has 1 spiro atoms. The fourth-order valence-corrected chi connectivity index (χ4v) is 7.51. The summed E-state index contributed by atoms with van der Waals surface area (Å²) in [5, 5.41) is 10.7. The van der Waals surface area contributed by atoms with Crippen molar-refractivity contribution in [2.45, 2.75) is 72.3 Å². The molecule has 0 aliphatic heterocycles. The molecular formula is C20H32O. The molecule has 2 bridgehead atoms. The lowest BCUT2D eigenvalue weighted by molar-refractivity contribution is -0.122. The summed E-state index contributed by atoms with van der Waals surface area (Å²) in [4.78, 5) is 0. The molecule has 1 heteroatoms. The van der Waals surface area contributed by atoms with Gasteiger partial charge in [0.1, 0.15) is 0 Å². The maximum atomic E-state index is 10.7. The fourth-order valence-electron chi connectivity index (χ4n) is 7.51. The van der Waals surface area contributed by atoms with E-state index < -0.39 is 0 Å². The summed E-state index contributed by atoms with van der Waals surface area (Å²) in [6.45, 7) is 9.85. The first-order valence-corrected chi connectivity index (χ1v) is 9.14. The third-order valence-corrected chi connectivity index (χ3v) is 8.31. The maximum absolute atomic E-state index is 10.7. The summed E-state index contributed by atoms with van der Waals surface area (Å²) in [6, 6.07) is 0. The second-order valence-electron chi connectivity index (χ2n) is 9.82. The van der Waals surface area contributed by atoms with Crippen molar-refractivity contribution in [3.8, 4) is 0 Å². The molecule has 0 amide bonds. The van der Waals surface area contributed by atoms with Crippen LogP contribution in [0.1, 0.15) is 66.2 Å². The lowest BCUT2D eigenvalue weighted by atomic mass is 9.42. The predicted octanol–water partition coefficient (Wildman–Crippen LogP) is 4.80. The zero-order valence-corrected chi connectivity index (χ0v) is 14.2. The number of aliphatic hydroxyl groups is 1. The Labute approximate surface area is 130 Å². The van der Waals surface area contributed by atoms with Crippen molar-refractivity contribution in [3.05, 3.63) is 12.2 Å². The highest BCUT2D eigenvalue weighted by Gasteiger charge is 2.64. The van der Waals surface area contributed by atoms with E-state index in [9.17, 15) is 5.11 Å². The van der Waals surface area contributed by atoms with Crippen LogP contribution in [0.15, 0.2) is 12.2 Å². The number of fused-ring (bicyclic) bond motifs is 3. The number of hydrogen-bond acceptors (Lipinski definition) is 1. The van der Waals surface area contributed by atoms with Crippen LogP contribution in [0, 0.1) is 39.9 Å². The first-order valence-electron chi connectivity index (χ1n) is 9.14. The van der Waals surface area contributed by atoms with E-state index in [2.05, 4.69) is 39.8 Å². The minimum atomic E-state index is -0.0466. The van der Waals surface area contributed by atoms with E-state index in [4.69, 9.17) is 0 Å². The molecule has 118 valence electrons. The van der Waals surface area contributed by atoms with E-state index in [1.165, 1.54) is 32.1 Å². The lowest BCUT2D eigenvalue weighted by Gasteiger charge is -2.62. The van der Waals surface area contributed by atoms with Crippen LogP contribution in [0.4, 0.5) is 0 Å². The van der Waals surface area contributed by atoms with E-state index in [0.29, 0.717) is 28.1 Å². The Morgan fingerprint density at radius 3 is 2.62 bits per heavy atom. The Hall–Kier alpha value is -0.300. The van der Waals surface area contributed by atoms with Gasteiger partial charge in [0.2, 0.25) is 0 Å². The van der Waals surface area contributed by atoms with Gasteiger partial charge >= 0.3 is 0 Å². The first-order chi connectivity index (χ1) is 9.79. The molecule has 0 saturated heterocycles. The molecule has 1 nitrogen and oxygen atoms in total. The summed E-state index contributed by atoms with van der Waals surface area (Å²) < 4.78 is 0. The zero-order valence-electron chi connectivity index (χ0n) is 14.2. The molecule has 4 aliphatic rings. The number of hydrogen-bond donors (Lipinski definition) is 1. The van der Waals surface area contributed by atoms with Gasteiger partial charge in [-0.3, -0.25) is 0 Å². The SMILES string of the molecule is C[C@@H]1C[C@]23CC[C@H]4C(C)(C)CC=C[C@]4(C)[C@H]2CC(O)[C@H]1C3. The van der Waals surface area contributed by atoms with Crippen molar-refractivity contribution in [2.24, 2.45) is 39.9 Å². The van der Waals surface area contributed by atoms with E-state index in [1.807, 2.05) is 0 Å². The van der Waals surface area contributed by atoms with Crippen LogP contribution in [0.25, 0.3) is 0 Å². The number of aliphatic hydroxyl groups excluding tert-OH is 1. The molecule has 21 heavy (non-hydrogen) atoms. The average Bonchev–Trinajstić information content (AvgIpc) is 2.66. The standard InChI is InChI=1S/C20H32O/c1-13-11-20-9-6-16-18(2,3)7-5-8-19(16,4)17(20)10-15(21)14(13)12-20/h5,8,13-17,21H,6-7,9-12H2,1-4H3/t13-,14+,15?,16+,17-,19+,20+/m1/s1. The molecule has 1 N–H and O–H groups in total. The molecule has 4 rings (SSSR count). The highest BCUT2D eigenvalue weighted by molar-refractivity contribution is 5.21. The van der Waals surface area contributed by atoms with Gasteiger partial charge in [-0.1, -0.05) is 39.8 Å². The molecule has 1 unspecified atom stereocenters. The van der Waals surface area contributed by atoms with Crippen LogP contribution >= 0.6 is 0 Å². The summed E-state index contributed by atoms with van der Waals surface area (Å²) in [5.41, 5.74) is 1.29. The van der Waals surface area contributed by atoms with Crippen LogP contribution in [0.3, 0.4) is 0 Å². The third-order valence-electron chi connectivity index (χ3n) is 8.31. The minimum Gasteiger partial charge on any atom is -0.393 e. The second-order valence-corrected chi connectivity index (χ2v) is 9.82.